The number of alkyl halides is 1. The molecule has 0 spiro atoms. The van der Waals surface area contributed by atoms with Crippen molar-refractivity contribution < 1.29 is 9.53 Å². The molecule has 0 saturated carbocycles. The molecular weight excluding hydrogens is 294 g/mol. The fourth-order valence-electron chi connectivity index (χ4n) is 2.09. The van der Waals surface area contributed by atoms with E-state index in [0.717, 1.165) is 37.0 Å². The van der Waals surface area contributed by atoms with Gasteiger partial charge in [-0.05, 0) is 30.9 Å². The highest BCUT2D eigenvalue weighted by Gasteiger charge is 2.22. The summed E-state index contributed by atoms with van der Waals surface area (Å²) in [7, 11) is 0. The molecule has 0 radical (unpaired) electrons. The van der Waals surface area contributed by atoms with Crippen molar-refractivity contribution in [2.45, 2.75) is 12.8 Å². The Morgan fingerprint density at radius 2 is 1.94 bits per heavy atom. The largest absolute Gasteiger partial charge is 0.484 e. The van der Waals surface area contributed by atoms with Gasteiger partial charge in [0.1, 0.15) is 5.75 Å². The molecule has 2 rings (SSSR count). The number of halogens is 1. The lowest BCUT2D eigenvalue weighted by molar-refractivity contribution is -0.134. The first-order valence-electron chi connectivity index (χ1n) is 6.31. The maximum absolute atomic E-state index is 12.0. The van der Waals surface area contributed by atoms with Crippen molar-refractivity contribution in [2.75, 3.05) is 25.0 Å². The molecule has 1 amide bonds. The van der Waals surface area contributed by atoms with Crippen LogP contribution in [0.5, 0.6) is 5.75 Å². The van der Waals surface area contributed by atoms with Crippen LogP contribution in [0.3, 0.4) is 0 Å². The number of nitrogens with zero attached hydrogens (tertiary/aromatic N) is 1. The number of hydrogen-bond acceptors (Lipinski definition) is 2. The van der Waals surface area contributed by atoms with Crippen LogP contribution in [0.4, 0.5) is 0 Å². The van der Waals surface area contributed by atoms with Gasteiger partial charge in [-0.2, -0.15) is 0 Å². The minimum atomic E-state index is 0.0897. The molecule has 1 fully saturated rings. The normalized spacial score (nSPS) is 16.6. The first-order valence-corrected chi connectivity index (χ1v) is 7.43. The molecule has 1 aromatic carbocycles. The van der Waals surface area contributed by atoms with E-state index in [9.17, 15) is 4.79 Å². The summed E-state index contributed by atoms with van der Waals surface area (Å²) in [6.45, 7) is 1.85. The molecule has 1 aromatic rings. The van der Waals surface area contributed by atoms with Crippen molar-refractivity contribution in [3.8, 4) is 5.75 Å². The highest BCUT2D eigenvalue weighted by molar-refractivity contribution is 9.09. The number of para-hydroxylation sites is 1. The second-order valence-corrected chi connectivity index (χ2v) is 5.23. The average Bonchev–Trinajstić information content (AvgIpc) is 2.46. The Labute approximate surface area is 116 Å². The highest BCUT2D eigenvalue weighted by Crippen LogP contribution is 2.19. The minimum Gasteiger partial charge on any atom is -0.484 e. The second kappa shape index (κ2) is 6.78. The lowest BCUT2D eigenvalue weighted by Gasteiger charge is -2.31. The molecule has 1 aliphatic heterocycles. The average molecular weight is 312 g/mol. The molecule has 18 heavy (non-hydrogen) atoms. The molecule has 4 heteroatoms. The molecule has 0 bridgehead atoms. The predicted octanol–water partition coefficient (Wildman–Crippen LogP) is 2.70. The van der Waals surface area contributed by atoms with Crippen LogP contribution in [0.2, 0.25) is 0 Å². The zero-order valence-electron chi connectivity index (χ0n) is 10.3. The first kappa shape index (κ1) is 13.4. The summed E-state index contributed by atoms with van der Waals surface area (Å²) >= 11 is 3.50. The Balaban J connectivity index is 1.75. The van der Waals surface area contributed by atoms with E-state index < -0.39 is 0 Å². The molecule has 98 valence electrons. The van der Waals surface area contributed by atoms with E-state index in [0.29, 0.717) is 5.92 Å². The molecule has 0 aliphatic carbocycles. The van der Waals surface area contributed by atoms with E-state index in [4.69, 9.17) is 4.74 Å². The number of rotatable bonds is 4. The van der Waals surface area contributed by atoms with Gasteiger partial charge in [-0.15, -0.1) is 0 Å². The van der Waals surface area contributed by atoms with Gasteiger partial charge < -0.3 is 9.64 Å². The molecule has 0 atom stereocenters. The van der Waals surface area contributed by atoms with Gasteiger partial charge in [0.2, 0.25) is 0 Å². The molecule has 1 saturated heterocycles. The predicted molar refractivity (Wildman–Crippen MR) is 75.0 cm³/mol. The maximum Gasteiger partial charge on any atom is 0.260 e. The zero-order chi connectivity index (χ0) is 12.8. The number of piperidine rings is 1. The summed E-state index contributed by atoms with van der Waals surface area (Å²) in [5, 5.41) is 1.04. The molecule has 3 nitrogen and oxygen atoms in total. The van der Waals surface area contributed by atoms with Crippen molar-refractivity contribution in [3.05, 3.63) is 30.3 Å². The van der Waals surface area contributed by atoms with Crippen LogP contribution in [-0.2, 0) is 4.79 Å². The van der Waals surface area contributed by atoms with Crippen LogP contribution in [0.15, 0.2) is 30.3 Å². The summed E-state index contributed by atoms with van der Waals surface area (Å²) in [6.07, 6.45) is 2.17. The second-order valence-electron chi connectivity index (χ2n) is 4.58. The summed E-state index contributed by atoms with van der Waals surface area (Å²) in [5.41, 5.74) is 0. The molecule has 0 N–H and O–H groups in total. The number of carbonyl (C=O) groups is 1. The fraction of sp³-hybridized carbons (Fsp3) is 0.500. The molecule has 0 aromatic heterocycles. The van der Waals surface area contributed by atoms with Gasteiger partial charge in [0.25, 0.3) is 5.91 Å². The van der Waals surface area contributed by atoms with E-state index >= 15 is 0 Å². The summed E-state index contributed by atoms with van der Waals surface area (Å²) < 4.78 is 5.47. The fourth-order valence-corrected chi connectivity index (χ4v) is 2.74. The van der Waals surface area contributed by atoms with Gasteiger partial charge in [0.15, 0.2) is 6.61 Å². The summed E-state index contributed by atoms with van der Waals surface area (Å²) in [5.74, 6) is 1.55. The molecular formula is C14H18BrNO2. The van der Waals surface area contributed by atoms with E-state index in [1.807, 2.05) is 35.2 Å². The Kier molecular flexibility index (Phi) is 5.05. The third-order valence-electron chi connectivity index (χ3n) is 3.29. The quantitative estimate of drug-likeness (QED) is 0.800. The van der Waals surface area contributed by atoms with E-state index in [1.54, 1.807) is 0 Å². The third-order valence-corrected chi connectivity index (χ3v) is 4.21. The first-order chi connectivity index (χ1) is 8.79. The number of benzene rings is 1. The van der Waals surface area contributed by atoms with Crippen molar-refractivity contribution in [1.29, 1.82) is 0 Å². The number of likely N-dealkylation sites (tertiary alicyclic amines) is 1. The van der Waals surface area contributed by atoms with Gasteiger partial charge in [-0.3, -0.25) is 4.79 Å². The summed E-state index contributed by atoms with van der Waals surface area (Å²) in [6, 6.07) is 9.47. The van der Waals surface area contributed by atoms with Gasteiger partial charge in [0.05, 0.1) is 0 Å². The Morgan fingerprint density at radius 3 is 2.56 bits per heavy atom. The van der Waals surface area contributed by atoms with Crippen molar-refractivity contribution >= 4 is 21.8 Å². The highest BCUT2D eigenvalue weighted by atomic mass is 79.9. The van der Waals surface area contributed by atoms with Gasteiger partial charge in [-0.1, -0.05) is 34.1 Å². The number of carbonyl (C=O) groups excluding carboxylic acids is 1. The Morgan fingerprint density at radius 1 is 1.28 bits per heavy atom. The number of ether oxygens (including phenoxy) is 1. The number of hydrogen-bond donors (Lipinski definition) is 0. The van der Waals surface area contributed by atoms with Crippen LogP contribution in [0.25, 0.3) is 0 Å². The lowest BCUT2D eigenvalue weighted by atomic mass is 9.99. The van der Waals surface area contributed by atoms with Gasteiger partial charge >= 0.3 is 0 Å². The van der Waals surface area contributed by atoms with Gasteiger partial charge in [0, 0.05) is 18.4 Å². The van der Waals surface area contributed by atoms with Crippen LogP contribution >= 0.6 is 15.9 Å². The monoisotopic (exact) mass is 311 g/mol. The van der Waals surface area contributed by atoms with Crippen LogP contribution in [0, 0.1) is 5.92 Å². The van der Waals surface area contributed by atoms with Crippen LogP contribution in [-0.4, -0.2) is 35.8 Å². The van der Waals surface area contributed by atoms with E-state index in [1.165, 1.54) is 0 Å². The van der Waals surface area contributed by atoms with E-state index in [-0.39, 0.29) is 12.5 Å². The molecule has 1 aliphatic rings. The van der Waals surface area contributed by atoms with Crippen molar-refractivity contribution in [1.82, 2.24) is 4.90 Å². The van der Waals surface area contributed by atoms with Crippen molar-refractivity contribution in [2.24, 2.45) is 5.92 Å². The maximum atomic E-state index is 12.0. The van der Waals surface area contributed by atoms with Crippen molar-refractivity contribution in [3.63, 3.8) is 0 Å². The SMILES string of the molecule is O=C(COc1ccccc1)N1CCC(CBr)CC1. The smallest absolute Gasteiger partial charge is 0.260 e. The van der Waals surface area contributed by atoms with E-state index in [2.05, 4.69) is 15.9 Å². The standard InChI is InChI=1S/C14H18BrNO2/c15-10-12-6-8-16(9-7-12)14(17)11-18-13-4-2-1-3-5-13/h1-5,12H,6-11H2. The molecule has 1 heterocycles. The Hall–Kier alpha value is -1.03. The minimum absolute atomic E-state index is 0.0897. The summed E-state index contributed by atoms with van der Waals surface area (Å²) in [4.78, 5) is 13.9. The topological polar surface area (TPSA) is 29.5 Å². The third kappa shape index (κ3) is 3.73. The molecule has 0 unspecified atom stereocenters. The lowest BCUT2D eigenvalue weighted by Crippen LogP contribution is -2.41. The Bertz CT molecular complexity index is 375. The number of amides is 1. The van der Waals surface area contributed by atoms with Crippen LogP contribution in [0.1, 0.15) is 12.8 Å². The van der Waals surface area contributed by atoms with Gasteiger partial charge in [-0.25, -0.2) is 0 Å². The zero-order valence-corrected chi connectivity index (χ0v) is 11.9. The van der Waals surface area contributed by atoms with Crippen LogP contribution < -0.4 is 4.74 Å².